The molecule has 0 aliphatic heterocycles. The molecule has 0 saturated heterocycles. The fourth-order valence-electron chi connectivity index (χ4n) is 1.53. The summed E-state index contributed by atoms with van der Waals surface area (Å²) >= 11 is 0. The van der Waals surface area contributed by atoms with Crippen LogP contribution in [-0.4, -0.2) is 29.1 Å². The molecule has 1 unspecified atom stereocenters. The van der Waals surface area contributed by atoms with Crippen molar-refractivity contribution in [3.63, 3.8) is 0 Å². The Hall–Kier alpha value is -2.57. The van der Waals surface area contributed by atoms with Gasteiger partial charge in [-0.1, -0.05) is 30.3 Å². The number of hydrogen-bond acceptors (Lipinski definition) is 3. The van der Waals surface area contributed by atoms with E-state index >= 15 is 0 Å². The van der Waals surface area contributed by atoms with Crippen LogP contribution < -0.4 is 16.4 Å². The van der Waals surface area contributed by atoms with E-state index in [1.807, 2.05) is 30.3 Å². The molecule has 0 bridgehead atoms. The minimum Gasteiger partial charge on any atom is -0.480 e. The molecular weight excluding hydrogens is 262 g/mol. The molecule has 0 heterocycles. The van der Waals surface area contributed by atoms with Crippen LogP contribution in [0.4, 0.5) is 4.79 Å². The van der Waals surface area contributed by atoms with Gasteiger partial charge < -0.3 is 21.5 Å². The molecule has 0 aliphatic carbocycles. The average Bonchev–Trinajstić information content (AvgIpc) is 2.41. The summed E-state index contributed by atoms with van der Waals surface area (Å²) in [6.07, 6.45) is -0.140. The lowest BCUT2D eigenvalue weighted by atomic mass is 10.1. The lowest BCUT2D eigenvalue weighted by molar-refractivity contribution is -0.139. The second kappa shape index (κ2) is 7.78. The molecule has 7 nitrogen and oxygen atoms in total. The number of carbonyl (C=O) groups excluding carboxylic acids is 2. The summed E-state index contributed by atoms with van der Waals surface area (Å²) in [5.74, 6) is -1.82. The molecule has 0 saturated carbocycles. The zero-order chi connectivity index (χ0) is 15.0. The van der Waals surface area contributed by atoms with Crippen molar-refractivity contribution in [2.24, 2.45) is 5.73 Å². The number of carboxylic acids is 1. The monoisotopic (exact) mass is 279 g/mol. The van der Waals surface area contributed by atoms with Gasteiger partial charge in [-0.25, -0.2) is 9.59 Å². The Labute approximate surface area is 116 Å². The Kier molecular flexibility index (Phi) is 6.02. The number of urea groups is 1. The summed E-state index contributed by atoms with van der Waals surface area (Å²) in [5.41, 5.74) is 5.84. The number of nitrogens with two attached hydrogens (primary N) is 1. The number of primary amides is 1. The van der Waals surface area contributed by atoms with Crippen LogP contribution in [0, 0.1) is 0 Å². The van der Waals surface area contributed by atoms with Gasteiger partial charge in [0, 0.05) is 13.0 Å². The molecule has 1 rings (SSSR count). The minimum absolute atomic E-state index is 0.0383. The van der Waals surface area contributed by atoms with E-state index in [1.165, 1.54) is 0 Å². The Bertz CT molecular complexity index is 476. The standard InChI is InChI=1S/C13H17N3O4/c14-11(17)7-6-10(12(18)19)16-13(20)15-8-9-4-2-1-3-5-9/h1-5,10H,6-8H2,(H2,14,17)(H,18,19)(H2,15,16,20). The van der Waals surface area contributed by atoms with Crippen molar-refractivity contribution >= 4 is 17.9 Å². The van der Waals surface area contributed by atoms with Crippen LogP contribution in [0.2, 0.25) is 0 Å². The van der Waals surface area contributed by atoms with Crippen LogP contribution in [0.5, 0.6) is 0 Å². The number of amides is 3. The summed E-state index contributed by atoms with van der Waals surface area (Å²) in [4.78, 5) is 33.1. The van der Waals surface area contributed by atoms with Crippen molar-refractivity contribution < 1.29 is 19.5 Å². The van der Waals surface area contributed by atoms with Gasteiger partial charge >= 0.3 is 12.0 Å². The van der Waals surface area contributed by atoms with Crippen LogP contribution in [-0.2, 0) is 16.1 Å². The minimum atomic E-state index is -1.21. The molecule has 108 valence electrons. The van der Waals surface area contributed by atoms with Crippen LogP contribution in [0.25, 0.3) is 0 Å². The van der Waals surface area contributed by atoms with E-state index in [9.17, 15) is 14.4 Å². The Morgan fingerprint density at radius 2 is 1.85 bits per heavy atom. The van der Waals surface area contributed by atoms with E-state index in [2.05, 4.69) is 10.6 Å². The molecule has 0 spiro atoms. The van der Waals surface area contributed by atoms with E-state index in [4.69, 9.17) is 10.8 Å². The van der Waals surface area contributed by atoms with Crippen LogP contribution in [0.1, 0.15) is 18.4 Å². The second-order valence-electron chi connectivity index (χ2n) is 4.21. The van der Waals surface area contributed by atoms with Crippen LogP contribution in [0.3, 0.4) is 0 Å². The largest absolute Gasteiger partial charge is 0.480 e. The fourth-order valence-corrected chi connectivity index (χ4v) is 1.53. The quantitative estimate of drug-likeness (QED) is 0.569. The number of carbonyl (C=O) groups is 3. The molecule has 5 N–H and O–H groups in total. The molecule has 3 amide bonds. The van der Waals surface area contributed by atoms with Gasteiger partial charge in [0.05, 0.1) is 0 Å². The van der Waals surface area contributed by atoms with Gasteiger partial charge in [-0.3, -0.25) is 4.79 Å². The van der Waals surface area contributed by atoms with Crippen molar-refractivity contribution in [1.82, 2.24) is 10.6 Å². The predicted molar refractivity (Wildman–Crippen MR) is 71.7 cm³/mol. The smallest absolute Gasteiger partial charge is 0.326 e. The highest BCUT2D eigenvalue weighted by Gasteiger charge is 2.20. The second-order valence-corrected chi connectivity index (χ2v) is 4.21. The summed E-state index contributed by atoms with van der Waals surface area (Å²) in [6, 6.07) is 7.45. The topological polar surface area (TPSA) is 122 Å². The number of hydrogen-bond donors (Lipinski definition) is 4. The Morgan fingerprint density at radius 3 is 2.40 bits per heavy atom. The molecule has 20 heavy (non-hydrogen) atoms. The molecule has 0 fully saturated rings. The first-order valence-electron chi connectivity index (χ1n) is 6.08. The predicted octanol–water partition coefficient (Wildman–Crippen LogP) is 0.204. The Morgan fingerprint density at radius 1 is 1.20 bits per heavy atom. The zero-order valence-corrected chi connectivity index (χ0v) is 10.8. The molecule has 1 aromatic rings. The highest BCUT2D eigenvalue weighted by atomic mass is 16.4. The average molecular weight is 279 g/mol. The maximum absolute atomic E-state index is 11.6. The third kappa shape index (κ3) is 5.85. The number of nitrogens with one attached hydrogen (secondary N) is 2. The molecule has 1 atom stereocenters. The van der Waals surface area contributed by atoms with Gasteiger partial charge in [-0.2, -0.15) is 0 Å². The number of carboxylic acid groups (broad SMARTS) is 1. The van der Waals surface area contributed by atoms with E-state index in [1.54, 1.807) is 0 Å². The molecular formula is C13H17N3O4. The van der Waals surface area contributed by atoms with Crippen LogP contribution in [0.15, 0.2) is 30.3 Å². The summed E-state index contributed by atoms with van der Waals surface area (Å²) in [7, 11) is 0. The third-order valence-corrected chi connectivity index (χ3v) is 2.58. The van der Waals surface area contributed by atoms with Crippen molar-refractivity contribution in [3.8, 4) is 0 Å². The lowest BCUT2D eigenvalue weighted by Crippen LogP contribution is -2.46. The SMILES string of the molecule is NC(=O)CCC(NC(=O)NCc1ccccc1)C(=O)O. The molecule has 0 aromatic heterocycles. The zero-order valence-electron chi connectivity index (χ0n) is 10.8. The van der Waals surface area contributed by atoms with E-state index in [0.29, 0.717) is 0 Å². The third-order valence-electron chi connectivity index (χ3n) is 2.58. The van der Waals surface area contributed by atoms with Crippen molar-refractivity contribution in [1.29, 1.82) is 0 Å². The van der Waals surface area contributed by atoms with Gasteiger partial charge in [0.25, 0.3) is 0 Å². The van der Waals surface area contributed by atoms with Gasteiger partial charge in [0.15, 0.2) is 0 Å². The van der Waals surface area contributed by atoms with Crippen molar-refractivity contribution in [3.05, 3.63) is 35.9 Å². The molecule has 0 radical (unpaired) electrons. The fraction of sp³-hybridized carbons (Fsp3) is 0.308. The number of benzene rings is 1. The highest BCUT2D eigenvalue weighted by Crippen LogP contribution is 1.99. The highest BCUT2D eigenvalue weighted by molar-refractivity contribution is 5.83. The van der Waals surface area contributed by atoms with Gasteiger partial charge in [0.1, 0.15) is 6.04 Å². The normalized spacial score (nSPS) is 11.4. The molecule has 1 aromatic carbocycles. The number of rotatable bonds is 7. The molecule has 0 aliphatic rings. The van der Waals surface area contributed by atoms with Gasteiger partial charge in [0.2, 0.25) is 5.91 Å². The summed E-state index contributed by atoms with van der Waals surface area (Å²) in [6.45, 7) is 0.287. The van der Waals surface area contributed by atoms with Crippen LogP contribution >= 0.6 is 0 Å². The van der Waals surface area contributed by atoms with Gasteiger partial charge in [-0.15, -0.1) is 0 Å². The summed E-state index contributed by atoms with van der Waals surface area (Å²) in [5, 5.41) is 13.8. The summed E-state index contributed by atoms with van der Waals surface area (Å²) < 4.78 is 0. The maximum Gasteiger partial charge on any atom is 0.326 e. The van der Waals surface area contributed by atoms with E-state index in [0.717, 1.165) is 5.56 Å². The molecule has 7 heteroatoms. The van der Waals surface area contributed by atoms with E-state index < -0.39 is 23.9 Å². The lowest BCUT2D eigenvalue weighted by Gasteiger charge is -2.14. The first kappa shape index (κ1) is 15.5. The van der Waals surface area contributed by atoms with E-state index in [-0.39, 0.29) is 19.4 Å². The maximum atomic E-state index is 11.6. The van der Waals surface area contributed by atoms with Gasteiger partial charge in [-0.05, 0) is 12.0 Å². The number of aliphatic carboxylic acids is 1. The van der Waals surface area contributed by atoms with Crippen molar-refractivity contribution in [2.75, 3.05) is 0 Å². The first-order chi connectivity index (χ1) is 9.49. The Balaban J connectivity index is 2.41. The van der Waals surface area contributed by atoms with Crippen molar-refractivity contribution in [2.45, 2.75) is 25.4 Å². The first-order valence-corrected chi connectivity index (χ1v) is 6.08.